The highest BCUT2D eigenvalue weighted by Crippen LogP contribution is 2.28. The lowest BCUT2D eigenvalue weighted by Gasteiger charge is -2.20. The Kier molecular flexibility index (Phi) is 2.53. The Bertz CT molecular complexity index is 465. The molecular formula is C11H9ClN2O. The molecule has 15 heavy (non-hydrogen) atoms. The van der Waals surface area contributed by atoms with Crippen LogP contribution >= 0.6 is 11.6 Å². The number of hydrogen-bond acceptors (Lipinski definition) is 3. The maximum Gasteiger partial charge on any atom is 0.137 e. The van der Waals surface area contributed by atoms with E-state index in [0.717, 1.165) is 11.3 Å². The van der Waals surface area contributed by atoms with Crippen LogP contribution in [0.15, 0.2) is 40.2 Å². The Labute approximate surface area is 92.6 Å². The second-order valence-corrected chi connectivity index (χ2v) is 3.69. The maximum absolute atomic E-state index is 9.01. The summed E-state index contributed by atoms with van der Waals surface area (Å²) in [4.78, 5) is 0. The zero-order valence-electron chi connectivity index (χ0n) is 8.12. The molecule has 0 aromatic carbocycles. The zero-order valence-corrected chi connectivity index (χ0v) is 8.88. The molecule has 2 rings (SSSR count). The van der Waals surface area contributed by atoms with Crippen LogP contribution in [0.2, 0.25) is 0 Å². The molecule has 0 saturated carbocycles. The van der Waals surface area contributed by atoms with Crippen LogP contribution in [0.5, 0.6) is 0 Å². The van der Waals surface area contributed by atoms with Crippen LogP contribution in [0, 0.1) is 11.3 Å². The highest BCUT2D eigenvalue weighted by molar-refractivity contribution is 6.23. The van der Waals surface area contributed by atoms with Gasteiger partial charge in [-0.2, -0.15) is 5.26 Å². The first-order valence-electron chi connectivity index (χ1n) is 4.49. The van der Waals surface area contributed by atoms with Crippen molar-refractivity contribution in [3.05, 3.63) is 41.5 Å². The van der Waals surface area contributed by atoms with Crippen molar-refractivity contribution in [2.75, 3.05) is 0 Å². The predicted octanol–water partition coefficient (Wildman–Crippen LogP) is 2.63. The molecule has 0 saturated heterocycles. The van der Waals surface area contributed by atoms with E-state index in [-0.39, 0.29) is 0 Å². The van der Waals surface area contributed by atoms with Gasteiger partial charge in [0.15, 0.2) is 0 Å². The van der Waals surface area contributed by atoms with E-state index in [4.69, 9.17) is 21.3 Å². The third kappa shape index (κ3) is 1.77. The van der Waals surface area contributed by atoms with Gasteiger partial charge in [0.2, 0.25) is 0 Å². The molecule has 1 unspecified atom stereocenters. The van der Waals surface area contributed by atoms with Gasteiger partial charge in [0.1, 0.15) is 11.3 Å². The van der Waals surface area contributed by atoms with Crippen LogP contribution in [-0.4, -0.2) is 5.50 Å². The van der Waals surface area contributed by atoms with Crippen molar-refractivity contribution in [3.63, 3.8) is 0 Å². The standard InChI is InChI=1S/C11H9ClN2O/c1-7-5-8(10-3-2-4-15-10)9(6-13)11(12)14-7/h2-5,11,14H,1H3. The van der Waals surface area contributed by atoms with Crippen molar-refractivity contribution in [3.8, 4) is 6.07 Å². The van der Waals surface area contributed by atoms with Gasteiger partial charge in [0.05, 0.1) is 17.9 Å². The monoisotopic (exact) mass is 220 g/mol. The number of furan rings is 1. The van der Waals surface area contributed by atoms with E-state index in [0.29, 0.717) is 11.3 Å². The molecule has 1 aromatic rings. The third-order valence-electron chi connectivity index (χ3n) is 2.17. The number of halogens is 1. The lowest BCUT2D eigenvalue weighted by atomic mass is 10.0. The van der Waals surface area contributed by atoms with E-state index in [1.807, 2.05) is 19.1 Å². The lowest BCUT2D eigenvalue weighted by Crippen LogP contribution is -2.27. The van der Waals surface area contributed by atoms with Gasteiger partial charge in [-0.05, 0) is 25.1 Å². The normalized spacial score (nSPS) is 20.6. The van der Waals surface area contributed by atoms with Gasteiger partial charge in [-0.3, -0.25) is 0 Å². The van der Waals surface area contributed by atoms with E-state index in [1.165, 1.54) is 0 Å². The third-order valence-corrected chi connectivity index (χ3v) is 2.49. The quantitative estimate of drug-likeness (QED) is 0.585. The Hall–Kier alpha value is -1.66. The number of dihydropyridines is 1. The van der Waals surface area contributed by atoms with Crippen LogP contribution in [0.25, 0.3) is 5.57 Å². The minimum absolute atomic E-state index is 0.484. The average Bonchev–Trinajstić information content (AvgIpc) is 2.69. The van der Waals surface area contributed by atoms with Crippen molar-refractivity contribution in [1.29, 1.82) is 5.26 Å². The van der Waals surface area contributed by atoms with Crippen molar-refractivity contribution in [1.82, 2.24) is 5.32 Å². The second-order valence-electron chi connectivity index (χ2n) is 3.25. The lowest BCUT2D eigenvalue weighted by molar-refractivity contribution is 0.552. The smallest absolute Gasteiger partial charge is 0.137 e. The Balaban J connectivity index is 2.55. The topological polar surface area (TPSA) is 49.0 Å². The number of nitrogens with one attached hydrogen (secondary N) is 1. The SMILES string of the molecule is CC1=CC(c2ccco2)=C(C#N)C(Cl)N1. The molecule has 0 fully saturated rings. The summed E-state index contributed by atoms with van der Waals surface area (Å²) in [7, 11) is 0. The van der Waals surface area contributed by atoms with Crippen molar-refractivity contribution >= 4 is 17.2 Å². The number of allylic oxidation sites excluding steroid dienone is 3. The van der Waals surface area contributed by atoms with Crippen molar-refractivity contribution in [2.24, 2.45) is 0 Å². The molecule has 1 atom stereocenters. The molecule has 4 heteroatoms. The summed E-state index contributed by atoms with van der Waals surface area (Å²) in [5.74, 6) is 0.665. The molecule has 0 aliphatic carbocycles. The van der Waals surface area contributed by atoms with E-state index in [2.05, 4.69) is 11.4 Å². The van der Waals surface area contributed by atoms with E-state index in [1.54, 1.807) is 12.3 Å². The van der Waals surface area contributed by atoms with E-state index in [9.17, 15) is 0 Å². The molecule has 1 aliphatic heterocycles. The minimum Gasteiger partial charge on any atom is -0.464 e. The molecule has 1 aromatic heterocycles. The first-order chi connectivity index (χ1) is 7.22. The molecule has 3 nitrogen and oxygen atoms in total. The van der Waals surface area contributed by atoms with E-state index < -0.39 is 5.50 Å². The molecule has 0 spiro atoms. The summed E-state index contributed by atoms with van der Waals surface area (Å²) in [6, 6.07) is 5.69. The maximum atomic E-state index is 9.01. The highest BCUT2D eigenvalue weighted by atomic mass is 35.5. The summed E-state index contributed by atoms with van der Waals surface area (Å²) in [6.07, 6.45) is 3.43. The van der Waals surface area contributed by atoms with Crippen LogP contribution < -0.4 is 5.32 Å². The molecule has 2 heterocycles. The minimum atomic E-state index is -0.486. The average molecular weight is 221 g/mol. The number of nitriles is 1. The fraction of sp³-hybridized carbons (Fsp3) is 0.182. The van der Waals surface area contributed by atoms with Gasteiger partial charge in [0.25, 0.3) is 0 Å². The Morgan fingerprint density at radius 1 is 1.60 bits per heavy atom. The largest absolute Gasteiger partial charge is 0.464 e. The molecule has 0 radical (unpaired) electrons. The predicted molar refractivity (Wildman–Crippen MR) is 57.8 cm³/mol. The summed E-state index contributed by atoms with van der Waals surface area (Å²) in [6.45, 7) is 1.90. The molecule has 1 N–H and O–H groups in total. The van der Waals surface area contributed by atoms with Crippen molar-refractivity contribution < 1.29 is 4.42 Å². The van der Waals surface area contributed by atoms with Crippen LogP contribution in [0.1, 0.15) is 12.7 Å². The summed E-state index contributed by atoms with van der Waals surface area (Å²) < 4.78 is 5.26. The Morgan fingerprint density at radius 2 is 2.40 bits per heavy atom. The fourth-order valence-electron chi connectivity index (χ4n) is 1.50. The van der Waals surface area contributed by atoms with Gasteiger partial charge in [-0.25, -0.2) is 0 Å². The first-order valence-corrected chi connectivity index (χ1v) is 4.93. The van der Waals surface area contributed by atoms with Crippen molar-refractivity contribution in [2.45, 2.75) is 12.4 Å². The van der Waals surface area contributed by atoms with Gasteiger partial charge >= 0.3 is 0 Å². The fourth-order valence-corrected chi connectivity index (χ4v) is 1.84. The molecule has 76 valence electrons. The van der Waals surface area contributed by atoms with Crippen LogP contribution in [0.3, 0.4) is 0 Å². The first kappa shape index (κ1) is 9.88. The number of nitrogens with zero attached hydrogens (tertiary/aromatic N) is 1. The number of rotatable bonds is 1. The summed E-state index contributed by atoms with van der Waals surface area (Å²) >= 11 is 6.02. The molecule has 1 aliphatic rings. The van der Waals surface area contributed by atoms with Gasteiger partial charge in [0, 0.05) is 11.3 Å². The van der Waals surface area contributed by atoms with E-state index >= 15 is 0 Å². The zero-order chi connectivity index (χ0) is 10.8. The molecular weight excluding hydrogens is 212 g/mol. The number of alkyl halides is 1. The molecule has 0 bridgehead atoms. The summed E-state index contributed by atoms with van der Waals surface area (Å²) in [5, 5.41) is 12.0. The highest BCUT2D eigenvalue weighted by Gasteiger charge is 2.21. The van der Waals surface area contributed by atoms with Gasteiger partial charge < -0.3 is 9.73 Å². The second kappa shape index (κ2) is 3.84. The summed E-state index contributed by atoms with van der Waals surface area (Å²) in [5.41, 5.74) is 1.66. The Morgan fingerprint density at radius 3 is 3.00 bits per heavy atom. The van der Waals surface area contributed by atoms with Crippen LogP contribution in [-0.2, 0) is 0 Å². The van der Waals surface area contributed by atoms with Gasteiger partial charge in [-0.1, -0.05) is 11.6 Å². The number of hydrogen-bond donors (Lipinski definition) is 1. The molecule has 0 amide bonds. The van der Waals surface area contributed by atoms with Gasteiger partial charge in [-0.15, -0.1) is 0 Å². The van der Waals surface area contributed by atoms with Crippen LogP contribution in [0.4, 0.5) is 0 Å².